The molecule has 1 aromatic heterocycles. The van der Waals surface area contributed by atoms with E-state index in [0.29, 0.717) is 12.5 Å². The fourth-order valence-corrected chi connectivity index (χ4v) is 3.77. The number of aryl methyl sites for hydroxylation is 1. The Kier molecular flexibility index (Phi) is 7.56. The summed E-state index contributed by atoms with van der Waals surface area (Å²) in [5, 5.41) is 10.3. The van der Waals surface area contributed by atoms with Gasteiger partial charge >= 0.3 is 0 Å². The largest absolute Gasteiger partial charge is 0.493 e. The van der Waals surface area contributed by atoms with E-state index < -0.39 is 0 Å². The van der Waals surface area contributed by atoms with Crippen molar-refractivity contribution in [3.63, 3.8) is 0 Å². The maximum absolute atomic E-state index is 5.98. The number of aromatic nitrogens is 2. The Bertz CT molecular complexity index is 985. The summed E-state index contributed by atoms with van der Waals surface area (Å²) >= 11 is 0. The molecule has 1 aliphatic heterocycles. The molecule has 0 radical (unpaired) electrons. The van der Waals surface area contributed by atoms with Crippen LogP contribution in [0.3, 0.4) is 0 Å². The van der Waals surface area contributed by atoms with E-state index in [4.69, 9.17) is 9.72 Å². The number of ether oxygens (including phenoxy) is 1. The lowest BCUT2D eigenvalue weighted by Gasteiger charge is -2.22. The third-order valence-electron chi connectivity index (χ3n) is 5.85. The average Bonchev–Trinajstić information content (AvgIpc) is 3.03. The number of nitrogens with one attached hydrogen (secondary N) is 3. The van der Waals surface area contributed by atoms with E-state index in [1.165, 1.54) is 18.4 Å². The first-order chi connectivity index (χ1) is 15.7. The molecule has 6 nitrogen and oxygen atoms in total. The van der Waals surface area contributed by atoms with Gasteiger partial charge < -0.3 is 20.7 Å². The van der Waals surface area contributed by atoms with Gasteiger partial charge in [0.25, 0.3) is 0 Å². The summed E-state index contributed by atoms with van der Waals surface area (Å²) in [6.45, 7) is 7.68. The topological polar surface area (TPSA) is 71.1 Å². The SMILES string of the molecule is CC1=CCC(Nc2nc(CNc3ccc(OCC4CCNCC4)cc3)ncc2C)=CC=C1. The molecular weight excluding hydrogens is 398 g/mol. The molecule has 0 unspecified atom stereocenters. The molecule has 0 atom stereocenters. The minimum Gasteiger partial charge on any atom is -0.493 e. The predicted octanol–water partition coefficient (Wildman–Crippen LogP) is 4.98. The Hall–Kier alpha value is -3.12. The summed E-state index contributed by atoms with van der Waals surface area (Å²) in [4.78, 5) is 9.22. The van der Waals surface area contributed by atoms with Crippen molar-refractivity contribution in [1.29, 1.82) is 0 Å². The zero-order chi connectivity index (χ0) is 22.2. The highest BCUT2D eigenvalue weighted by Gasteiger charge is 2.13. The third-order valence-corrected chi connectivity index (χ3v) is 5.85. The second-order valence-corrected chi connectivity index (χ2v) is 8.53. The summed E-state index contributed by atoms with van der Waals surface area (Å²) in [7, 11) is 0. The van der Waals surface area contributed by atoms with Crippen LogP contribution in [0.4, 0.5) is 11.5 Å². The van der Waals surface area contributed by atoms with Crippen molar-refractivity contribution in [2.45, 2.75) is 39.7 Å². The minimum atomic E-state index is 0.558. The first-order valence-electron chi connectivity index (χ1n) is 11.5. The van der Waals surface area contributed by atoms with Crippen LogP contribution in [0.1, 0.15) is 37.6 Å². The van der Waals surface area contributed by atoms with Gasteiger partial charge in [-0.05, 0) is 76.0 Å². The molecule has 0 spiro atoms. The standard InChI is InChI=1S/C26H33N5O/c1-19-4-3-5-23(7-6-19)30-26-20(2)16-29-25(31-26)17-28-22-8-10-24(11-9-22)32-18-21-12-14-27-15-13-21/h3-6,8-11,16,21,27-28H,7,12-15,17-18H2,1-2H3,(H,29,30,31). The summed E-state index contributed by atoms with van der Waals surface area (Å²) in [5.41, 5.74) is 4.44. The number of rotatable bonds is 8. The van der Waals surface area contributed by atoms with Gasteiger partial charge in [0.1, 0.15) is 17.4 Å². The van der Waals surface area contributed by atoms with E-state index in [-0.39, 0.29) is 0 Å². The van der Waals surface area contributed by atoms with Crippen LogP contribution in [0.15, 0.2) is 66.0 Å². The fourth-order valence-electron chi connectivity index (χ4n) is 3.77. The molecule has 1 aliphatic carbocycles. The molecule has 4 rings (SSSR count). The van der Waals surface area contributed by atoms with Gasteiger partial charge in [0.15, 0.2) is 0 Å². The molecule has 32 heavy (non-hydrogen) atoms. The van der Waals surface area contributed by atoms with Crippen LogP contribution < -0.4 is 20.7 Å². The number of hydrogen-bond donors (Lipinski definition) is 3. The van der Waals surface area contributed by atoms with Gasteiger partial charge in [0.05, 0.1) is 13.2 Å². The van der Waals surface area contributed by atoms with E-state index in [1.54, 1.807) is 0 Å². The molecule has 0 saturated carbocycles. The smallest absolute Gasteiger partial charge is 0.149 e. The molecule has 0 bridgehead atoms. The van der Waals surface area contributed by atoms with Gasteiger partial charge in [-0.1, -0.05) is 23.8 Å². The van der Waals surface area contributed by atoms with Gasteiger partial charge in [-0.2, -0.15) is 0 Å². The lowest BCUT2D eigenvalue weighted by Crippen LogP contribution is -2.30. The Labute approximate surface area is 190 Å². The zero-order valence-corrected chi connectivity index (χ0v) is 19.0. The van der Waals surface area contributed by atoms with Crippen molar-refractivity contribution >= 4 is 11.5 Å². The van der Waals surface area contributed by atoms with Crippen molar-refractivity contribution < 1.29 is 4.74 Å². The van der Waals surface area contributed by atoms with E-state index in [2.05, 4.69) is 52.2 Å². The zero-order valence-electron chi connectivity index (χ0n) is 19.0. The molecule has 6 heteroatoms. The highest BCUT2D eigenvalue weighted by molar-refractivity contribution is 5.50. The predicted molar refractivity (Wildman–Crippen MR) is 131 cm³/mol. The highest BCUT2D eigenvalue weighted by atomic mass is 16.5. The van der Waals surface area contributed by atoms with Gasteiger partial charge in [0, 0.05) is 29.6 Å². The maximum Gasteiger partial charge on any atom is 0.149 e. The van der Waals surface area contributed by atoms with E-state index in [9.17, 15) is 0 Å². The lowest BCUT2D eigenvalue weighted by molar-refractivity contribution is 0.215. The number of hydrogen-bond acceptors (Lipinski definition) is 6. The molecule has 2 aromatic rings. The molecule has 2 aliphatic rings. The fraction of sp³-hybridized carbons (Fsp3) is 0.385. The first kappa shape index (κ1) is 22.1. The average molecular weight is 432 g/mol. The molecule has 1 fully saturated rings. The van der Waals surface area contributed by atoms with Crippen molar-refractivity contribution in [3.05, 3.63) is 77.4 Å². The van der Waals surface area contributed by atoms with Crippen LogP contribution in [0.2, 0.25) is 0 Å². The number of piperidine rings is 1. The van der Waals surface area contributed by atoms with Crippen LogP contribution in [0.5, 0.6) is 5.75 Å². The summed E-state index contributed by atoms with van der Waals surface area (Å²) in [6, 6.07) is 8.13. The molecule has 168 valence electrons. The number of nitrogens with zero attached hydrogens (tertiary/aromatic N) is 2. The Morgan fingerprint density at radius 2 is 1.94 bits per heavy atom. The van der Waals surface area contributed by atoms with Gasteiger partial charge in [0.2, 0.25) is 0 Å². The minimum absolute atomic E-state index is 0.558. The molecule has 2 heterocycles. The van der Waals surface area contributed by atoms with Crippen LogP contribution in [-0.4, -0.2) is 29.7 Å². The molecule has 1 aromatic carbocycles. The molecular formula is C26H33N5O. The van der Waals surface area contributed by atoms with Crippen molar-refractivity contribution in [1.82, 2.24) is 15.3 Å². The monoisotopic (exact) mass is 431 g/mol. The number of anilines is 2. The summed E-state index contributed by atoms with van der Waals surface area (Å²) in [5.74, 6) is 3.18. The first-order valence-corrected chi connectivity index (χ1v) is 11.5. The van der Waals surface area contributed by atoms with E-state index >= 15 is 0 Å². The highest BCUT2D eigenvalue weighted by Crippen LogP contribution is 2.20. The maximum atomic E-state index is 5.98. The Morgan fingerprint density at radius 1 is 1.12 bits per heavy atom. The summed E-state index contributed by atoms with van der Waals surface area (Å²) in [6.07, 6.45) is 13.6. The summed E-state index contributed by atoms with van der Waals surface area (Å²) < 4.78 is 5.98. The Balaban J connectivity index is 1.30. The van der Waals surface area contributed by atoms with Crippen LogP contribution in [0, 0.1) is 12.8 Å². The Morgan fingerprint density at radius 3 is 2.75 bits per heavy atom. The molecule has 3 N–H and O–H groups in total. The van der Waals surface area contributed by atoms with E-state index in [0.717, 1.165) is 60.5 Å². The number of allylic oxidation sites excluding steroid dienone is 5. The molecule has 0 amide bonds. The third kappa shape index (κ3) is 6.44. The normalized spacial score (nSPS) is 16.7. The van der Waals surface area contributed by atoms with E-state index in [1.807, 2.05) is 37.4 Å². The van der Waals surface area contributed by atoms with Gasteiger partial charge in [-0.25, -0.2) is 9.97 Å². The van der Waals surface area contributed by atoms with Crippen molar-refractivity contribution in [3.8, 4) is 5.75 Å². The molecule has 1 saturated heterocycles. The van der Waals surface area contributed by atoms with Crippen LogP contribution >= 0.6 is 0 Å². The van der Waals surface area contributed by atoms with Crippen LogP contribution in [0.25, 0.3) is 0 Å². The van der Waals surface area contributed by atoms with Gasteiger partial charge in [-0.15, -0.1) is 0 Å². The quantitative estimate of drug-likeness (QED) is 0.548. The second-order valence-electron chi connectivity index (χ2n) is 8.53. The lowest BCUT2D eigenvalue weighted by atomic mass is 9.99. The van der Waals surface area contributed by atoms with Gasteiger partial charge in [-0.3, -0.25) is 0 Å². The van der Waals surface area contributed by atoms with Crippen LogP contribution in [-0.2, 0) is 6.54 Å². The second kappa shape index (κ2) is 11.0. The number of benzene rings is 1. The van der Waals surface area contributed by atoms with Crippen molar-refractivity contribution in [2.24, 2.45) is 5.92 Å². The van der Waals surface area contributed by atoms with Crippen molar-refractivity contribution in [2.75, 3.05) is 30.3 Å².